The molecular formula is C24H30ClN4RuS. The maximum absolute atomic E-state index is 5.57. The van der Waals surface area contributed by atoms with Gasteiger partial charge in [-0.15, -0.1) is 0 Å². The van der Waals surface area contributed by atoms with Gasteiger partial charge >= 0.3 is 65.9 Å². The molecule has 4 nitrogen and oxygen atoms in total. The van der Waals surface area contributed by atoms with Crippen LogP contribution in [0.2, 0.25) is 0 Å². The molecule has 31 heavy (non-hydrogen) atoms. The van der Waals surface area contributed by atoms with Crippen LogP contribution in [-0.2, 0) is 15.7 Å². The molecule has 1 aliphatic rings. The van der Waals surface area contributed by atoms with E-state index < -0.39 is 0 Å². The Morgan fingerprint density at radius 1 is 0.903 bits per heavy atom. The minimum absolute atomic E-state index is 0.0765. The van der Waals surface area contributed by atoms with Crippen molar-refractivity contribution in [1.29, 1.82) is 0 Å². The average Bonchev–Trinajstić information content (AvgIpc) is 3.23. The van der Waals surface area contributed by atoms with E-state index in [1.54, 1.807) is 36.7 Å². The second-order valence-corrected chi connectivity index (χ2v) is 8.61. The minimum atomic E-state index is -0.0765. The smallest absolute Gasteiger partial charge is 0.0267 e. The van der Waals surface area contributed by atoms with Gasteiger partial charge in [-0.2, -0.15) is 0 Å². The molecule has 1 aromatic carbocycles. The molecule has 2 aromatic heterocycles. The summed E-state index contributed by atoms with van der Waals surface area (Å²) in [6, 6.07) is 21.6. The van der Waals surface area contributed by atoms with Crippen molar-refractivity contribution >= 4 is 26.2 Å². The number of hydrogen-bond acceptors (Lipinski definition) is 5. The van der Waals surface area contributed by atoms with Crippen LogP contribution < -0.4 is 0 Å². The van der Waals surface area contributed by atoms with Crippen LogP contribution in [0.5, 0.6) is 0 Å². The van der Waals surface area contributed by atoms with E-state index in [1.807, 2.05) is 54.6 Å². The zero-order chi connectivity index (χ0) is 22.6. The number of rotatable bonds is 3. The second-order valence-electron chi connectivity index (χ2n) is 6.03. The Bertz CT molecular complexity index is 738. The third-order valence-corrected chi connectivity index (χ3v) is 5.89. The van der Waals surface area contributed by atoms with E-state index in [2.05, 4.69) is 68.5 Å². The maximum atomic E-state index is 5.57. The molecule has 3 heterocycles. The van der Waals surface area contributed by atoms with E-state index in [4.69, 9.17) is 9.69 Å². The van der Waals surface area contributed by atoms with Gasteiger partial charge in [0.25, 0.3) is 0 Å². The number of benzene rings is 1. The predicted octanol–water partition coefficient (Wildman–Crippen LogP) is 5.96. The molecule has 0 fully saturated rings. The molecule has 0 N–H and O–H groups in total. The van der Waals surface area contributed by atoms with Crippen molar-refractivity contribution in [1.82, 2.24) is 19.2 Å². The van der Waals surface area contributed by atoms with Crippen molar-refractivity contribution < 1.29 is 15.7 Å². The van der Waals surface area contributed by atoms with Crippen LogP contribution in [0.25, 0.3) is 0 Å². The van der Waals surface area contributed by atoms with Crippen molar-refractivity contribution in [3.8, 4) is 0 Å². The Labute approximate surface area is 202 Å². The summed E-state index contributed by atoms with van der Waals surface area (Å²) in [4.78, 5) is 9.80. The van der Waals surface area contributed by atoms with Crippen LogP contribution in [0.15, 0.2) is 104 Å². The fraction of sp³-hybridized carbons (Fsp3) is 0.208. The van der Waals surface area contributed by atoms with Gasteiger partial charge in [0.05, 0.1) is 0 Å². The van der Waals surface area contributed by atoms with Gasteiger partial charge in [0.2, 0.25) is 0 Å². The van der Waals surface area contributed by atoms with Crippen molar-refractivity contribution in [2.45, 2.75) is 19.5 Å². The monoisotopic (exact) mass is 543 g/mol. The molecule has 0 saturated heterocycles. The fourth-order valence-electron chi connectivity index (χ4n) is 2.39. The normalized spacial score (nSPS) is 14.3. The van der Waals surface area contributed by atoms with Gasteiger partial charge in [0, 0.05) is 50.5 Å². The Balaban J connectivity index is 0.000000212. The molecule has 0 bridgehead atoms. The van der Waals surface area contributed by atoms with Gasteiger partial charge in [-0.1, -0.05) is 31.0 Å². The number of pyridine rings is 2. The van der Waals surface area contributed by atoms with Crippen LogP contribution in [0.4, 0.5) is 0 Å². The van der Waals surface area contributed by atoms with Crippen molar-refractivity contribution in [2.75, 3.05) is 13.3 Å². The third-order valence-electron chi connectivity index (χ3n) is 3.88. The molecule has 0 saturated carbocycles. The molecule has 0 radical (unpaired) electrons. The number of nitrogens with zero attached hydrogens (tertiary/aromatic N) is 4. The standard InChI is InChI=1S/C7H14N2S.C7H6.2C5H5N.ClH.Ru/c1-4-7-8(2)5-6-9(7)10-3;1-7-5-3-2-4-6-7;2*1-2-4-6-5-3-1;;/h5-7H,4H2,1-3H3;1-6H;2*1-5H;1H;/q;;;;;+1/p-1. The van der Waals surface area contributed by atoms with Crippen molar-refractivity contribution in [2.24, 2.45) is 0 Å². The van der Waals surface area contributed by atoms with Gasteiger partial charge in [-0.25, -0.2) is 0 Å². The predicted molar refractivity (Wildman–Crippen MR) is 132 cm³/mol. The van der Waals surface area contributed by atoms with Crippen LogP contribution in [-0.4, -0.2) is 43.3 Å². The van der Waals surface area contributed by atoms with E-state index in [0.29, 0.717) is 6.17 Å². The fourth-order valence-corrected chi connectivity index (χ4v) is 4.19. The van der Waals surface area contributed by atoms with Gasteiger partial charge in [0.1, 0.15) is 6.17 Å². The molecule has 1 atom stereocenters. The van der Waals surface area contributed by atoms with Gasteiger partial charge in [-0.05, 0) is 30.7 Å². The zero-order valence-corrected chi connectivity index (χ0v) is 21.4. The summed E-state index contributed by atoms with van der Waals surface area (Å²) >= 11 is 1.70. The molecule has 3 aromatic rings. The number of halogens is 1. The zero-order valence-electron chi connectivity index (χ0n) is 18.1. The first-order valence-corrected chi connectivity index (χ1v) is 14.2. The molecule has 0 amide bonds. The second kappa shape index (κ2) is 18.7. The Kier molecular flexibility index (Phi) is 16.3. The summed E-state index contributed by atoms with van der Waals surface area (Å²) in [6.45, 7) is 2.21. The molecule has 0 spiro atoms. The molecule has 1 unspecified atom stereocenters. The van der Waals surface area contributed by atoms with E-state index in [-0.39, 0.29) is 15.7 Å². The Morgan fingerprint density at radius 3 is 1.74 bits per heavy atom. The minimum Gasteiger partial charge on any atom is -0.265 e. The van der Waals surface area contributed by atoms with Crippen LogP contribution in [0, 0.1) is 0 Å². The van der Waals surface area contributed by atoms with E-state index >= 15 is 0 Å². The number of aromatic nitrogens is 2. The molecular weight excluding hydrogens is 513 g/mol. The summed E-state index contributed by atoms with van der Waals surface area (Å²) in [7, 11) is 7.68. The molecule has 4 rings (SSSR count). The molecule has 0 aliphatic carbocycles. The molecule has 7 heteroatoms. The van der Waals surface area contributed by atoms with Gasteiger partial charge in [0.15, 0.2) is 0 Å². The van der Waals surface area contributed by atoms with Gasteiger partial charge < -0.3 is 9.21 Å². The quantitative estimate of drug-likeness (QED) is 0.301. The number of hydrogen-bond donors (Lipinski definition) is 0. The van der Waals surface area contributed by atoms with E-state index in [0.717, 1.165) is 0 Å². The topological polar surface area (TPSA) is 32.3 Å². The average molecular weight is 543 g/mol. The van der Waals surface area contributed by atoms with Crippen molar-refractivity contribution in [3.63, 3.8) is 0 Å². The van der Waals surface area contributed by atoms with Crippen LogP contribution >= 0.6 is 21.6 Å². The third kappa shape index (κ3) is 13.1. The largest absolute Gasteiger partial charge is 0.265 e. The van der Waals surface area contributed by atoms with Crippen LogP contribution in [0.1, 0.15) is 18.9 Å². The summed E-state index contributed by atoms with van der Waals surface area (Å²) in [5.41, 5.74) is 1.23. The summed E-state index contributed by atoms with van der Waals surface area (Å²) in [5.74, 6) is 0. The Hall–Kier alpha value is -2.01. The molecule has 167 valence electrons. The maximum Gasteiger partial charge on any atom is 0.0267 e. The van der Waals surface area contributed by atoms with Crippen molar-refractivity contribution in [3.05, 3.63) is 109 Å². The SMILES string of the molecule is CCC1N(C)C=CN1SC.[Cl][Ru]=[CH]c1ccccc1.c1ccncc1.c1ccncc1. The molecule has 1 aliphatic heterocycles. The summed E-state index contributed by atoms with van der Waals surface area (Å²) < 4.78 is 4.33. The summed E-state index contributed by atoms with van der Waals surface area (Å²) in [5, 5.41) is 0. The van der Waals surface area contributed by atoms with Gasteiger partial charge in [-0.3, -0.25) is 9.97 Å². The van der Waals surface area contributed by atoms with E-state index in [9.17, 15) is 0 Å². The first-order chi connectivity index (χ1) is 15.2. The first kappa shape index (κ1) is 27.0. The Morgan fingerprint density at radius 2 is 1.42 bits per heavy atom. The van der Waals surface area contributed by atoms with E-state index in [1.165, 1.54) is 12.0 Å². The first-order valence-electron chi connectivity index (χ1n) is 9.76. The van der Waals surface area contributed by atoms with Crippen LogP contribution in [0.3, 0.4) is 0 Å². The summed E-state index contributed by atoms with van der Waals surface area (Å²) in [6.07, 6.45) is 15.1.